The summed E-state index contributed by atoms with van der Waals surface area (Å²) in [6.07, 6.45) is 2.89. The van der Waals surface area contributed by atoms with Crippen molar-refractivity contribution >= 4 is 17.2 Å². The summed E-state index contributed by atoms with van der Waals surface area (Å²) in [4.78, 5) is 13.3. The first kappa shape index (κ1) is 17.6. The van der Waals surface area contributed by atoms with Crippen molar-refractivity contribution in [3.63, 3.8) is 0 Å². The van der Waals surface area contributed by atoms with Gasteiger partial charge in [0, 0.05) is 17.7 Å². The number of ether oxygens (including phenoxy) is 1. The molecular formula is C24H22N2O3. The Morgan fingerprint density at radius 1 is 0.966 bits per heavy atom. The van der Waals surface area contributed by atoms with Crippen LogP contribution >= 0.6 is 0 Å². The number of benzene rings is 2. The highest BCUT2D eigenvalue weighted by molar-refractivity contribution is 6.01. The van der Waals surface area contributed by atoms with Gasteiger partial charge in [0.25, 0.3) is 0 Å². The lowest BCUT2D eigenvalue weighted by Crippen LogP contribution is -2.26. The van der Waals surface area contributed by atoms with Crippen molar-refractivity contribution < 1.29 is 13.9 Å². The van der Waals surface area contributed by atoms with Crippen LogP contribution in [-0.2, 0) is 4.79 Å². The van der Waals surface area contributed by atoms with Gasteiger partial charge in [0.15, 0.2) is 5.78 Å². The Morgan fingerprint density at radius 3 is 2.48 bits per heavy atom. The monoisotopic (exact) mass is 386 g/mol. The lowest BCUT2D eigenvalue weighted by atomic mass is 9.79. The number of furan rings is 1. The average Bonchev–Trinajstić information content (AvgIpc) is 3.22. The van der Waals surface area contributed by atoms with Crippen LogP contribution in [0.3, 0.4) is 0 Å². The maximum absolute atomic E-state index is 13.3. The molecule has 2 atom stereocenters. The van der Waals surface area contributed by atoms with Crippen LogP contribution in [-0.4, -0.2) is 12.9 Å². The van der Waals surface area contributed by atoms with E-state index >= 15 is 0 Å². The topological polar surface area (TPSA) is 63.5 Å². The normalized spacial score (nSPS) is 20.8. The molecule has 0 bridgehead atoms. The van der Waals surface area contributed by atoms with Crippen molar-refractivity contribution in [3.05, 3.63) is 89.5 Å². The number of anilines is 2. The molecule has 0 saturated heterocycles. The van der Waals surface area contributed by atoms with E-state index in [0.29, 0.717) is 6.42 Å². The van der Waals surface area contributed by atoms with E-state index in [1.807, 2.05) is 48.5 Å². The van der Waals surface area contributed by atoms with Crippen molar-refractivity contribution in [2.24, 2.45) is 0 Å². The molecule has 2 N–H and O–H groups in total. The third-order valence-corrected chi connectivity index (χ3v) is 5.72. The highest BCUT2D eigenvalue weighted by Gasteiger charge is 2.37. The van der Waals surface area contributed by atoms with E-state index in [9.17, 15) is 4.79 Å². The first-order chi connectivity index (χ1) is 14.2. The van der Waals surface area contributed by atoms with Gasteiger partial charge in [-0.15, -0.1) is 0 Å². The van der Waals surface area contributed by atoms with Crippen molar-refractivity contribution in [3.8, 4) is 5.75 Å². The molecule has 5 rings (SSSR count). The standard InChI is InChI=1S/C24H22N2O3/c1-28-17-10-8-15(9-11-17)16-13-20-23(21(27)14-16)24(22-7-4-12-29-22)26-19-6-3-2-5-18(19)25-20/h2-12,16,24-26H,13-14H2,1H3/t16-,24-/m0/s1. The molecule has 5 nitrogen and oxygen atoms in total. The number of carbonyl (C=O) groups is 1. The Hall–Kier alpha value is -3.47. The zero-order valence-corrected chi connectivity index (χ0v) is 16.1. The third-order valence-electron chi connectivity index (χ3n) is 5.72. The molecule has 3 aromatic rings. The van der Waals surface area contributed by atoms with Crippen molar-refractivity contribution in [1.29, 1.82) is 0 Å². The fourth-order valence-corrected chi connectivity index (χ4v) is 4.27. The fourth-order valence-electron chi connectivity index (χ4n) is 4.27. The Balaban J connectivity index is 1.56. The molecule has 1 aliphatic carbocycles. The summed E-state index contributed by atoms with van der Waals surface area (Å²) in [6.45, 7) is 0. The second kappa shape index (κ2) is 7.17. The van der Waals surface area contributed by atoms with E-state index < -0.39 is 0 Å². The van der Waals surface area contributed by atoms with Gasteiger partial charge >= 0.3 is 0 Å². The molecule has 0 fully saturated rings. The van der Waals surface area contributed by atoms with Gasteiger partial charge in [-0.1, -0.05) is 24.3 Å². The summed E-state index contributed by atoms with van der Waals surface area (Å²) < 4.78 is 11.0. The molecule has 2 aliphatic rings. The number of ketones is 1. The molecular weight excluding hydrogens is 364 g/mol. The Morgan fingerprint density at radius 2 is 1.76 bits per heavy atom. The second-order valence-corrected chi connectivity index (χ2v) is 7.46. The van der Waals surface area contributed by atoms with E-state index in [2.05, 4.69) is 22.8 Å². The van der Waals surface area contributed by atoms with Crippen LogP contribution in [0.5, 0.6) is 5.75 Å². The predicted molar refractivity (Wildman–Crippen MR) is 112 cm³/mol. The Kier molecular flexibility index (Phi) is 4.35. The Bertz CT molecular complexity index is 1070. The number of Topliss-reactive ketones (excluding diaryl/α,β-unsaturated/α-hetero) is 1. The van der Waals surface area contributed by atoms with E-state index in [4.69, 9.17) is 9.15 Å². The summed E-state index contributed by atoms with van der Waals surface area (Å²) in [6, 6.07) is 19.5. The molecule has 0 unspecified atom stereocenters. The fraction of sp³-hybridized carbons (Fsp3) is 0.208. The number of methoxy groups -OCH3 is 1. The van der Waals surface area contributed by atoms with E-state index in [1.165, 1.54) is 0 Å². The number of hydrogen-bond acceptors (Lipinski definition) is 5. The summed E-state index contributed by atoms with van der Waals surface area (Å²) in [5.41, 5.74) is 4.80. The molecule has 1 aliphatic heterocycles. The molecule has 29 heavy (non-hydrogen) atoms. The quantitative estimate of drug-likeness (QED) is 0.642. The Labute approximate surface area is 169 Å². The molecule has 1 aromatic heterocycles. The lowest BCUT2D eigenvalue weighted by molar-refractivity contribution is -0.116. The third kappa shape index (κ3) is 3.18. The second-order valence-electron chi connectivity index (χ2n) is 7.46. The number of rotatable bonds is 3. The largest absolute Gasteiger partial charge is 0.497 e. The minimum Gasteiger partial charge on any atom is -0.497 e. The molecule has 2 aromatic carbocycles. The maximum Gasteiger partial charge on any atom is 0.163 e. The van der Waals surface area contributed by atoms with Gasteiger partial charge in [0.1, 0.15) is 17.6 Å². The summed E-state index contributed by atoms with van der Waals surface area (Å²) in [7, 11) is 1.66. The number of para-hydroxylation sites is 2. The molecule has 2 heterocycles. The lowest BCUT2D eigenvalue weighted by Gasteiger charge is -2.29. The highest BCUT2D eigenvalue weighted by atomic mass is 16.5. The number of carbonyl (C=O) groups excluding carboxylic acids is 1. The van der Waals surface area contributed by atoms with E-state index in [1.54, 1.807) is 13.4 Å². The van der Waals surface area contributed by atoms with Crippen LogP contribution in [0.4, 0.5) is 11.4 Å². The van der Waals surface area contributed by atoms with Gasteiger partial charge < -0.3 is 19.8 Å². The number of hydrogen-bond donors (Lipinski definition) is 2. The summed E-state index contributed by atoms with van der Waals surface area (Å²) in [5, 5.41) is 7.05. The minimum atomic E-state index is -0.305. The molecule has 5 heteroatoms. The van der Waals surface area contributed by atoms with Gasteiger partial charge in [-0.25, -0.2) is 0 Å². The summed E-state index contributed by atoms with van der Waals surface area (Å²) >= 11 is 0. The van der Waals surface area contributed by atoms with Crippen LogP contribution in [0, 0.1) is 0 Å². The number of fused-ring (bicyclic) bond motifs is 1. The first-order valence-electron chi connectivity index (χ1n) is 9.79. The SMILES string of the molecule is COc1ccc([C@@H]2CC(=O)C3=C(C2)Nc2ccccc2N[C@H]3c2ccco2)cc1. The van der Waals surface area contributed by atoms with Crippen LogP contribution < -0.4 is 15.4 Å². The smallest absolute Gasteiger partial charge is 0.163 e. The van der Waals surface area contributed by atoms with Crippen molar-refractivity contribution in [2.45, 2.75) is 24.8 Å². The predicted octanol–water partition coefficient (Wildman–Crippen LogP) is 5.27. The minimum absolute atomic E-state index is 0.127. The van der Waals surface area contributed by atoms with E-state index in [0.717, 1.165) is 46.1 Å². The molecule has 0 saturated carbocycles. The van der Waals surface area contributed by atoms with Crippen LogP contribution in [0.25, 0.3) is 0 Å². The van der Waals surface area contributed by atoms with Gasteiger partial charge in [-0.05, 0) is 54.3 Å². The zero-order chi connectivity index (χ0) is 19.8. The summed E-state index contributed by atoms with van der Waals surface area (Å²) in [5.74, 6) is 1.83. The van der Waals surface area contributed by atoms with Crippen LogP contribution in [0.2, 0.25) is 0 Å². The first-order valence-corrected chi connectivity index (χ1v) is 9.79. The molecule has 0 spiro atoms. The molecule has 0 amide bonds. The van der Waals surface area contributed by atoms with Crippen molar-refractivity contribution in [2.75, 3.05) is 17.7 Å². The van der Waals surface area contributed by atoms with Gasteiger partial charge in [-0.3, -0.25) is 4.79 Å². The number of nitrogens with one attached hydrogen (secondary N) is 2. The van der Waals surface area contributed by atoms with Gasteiger partial charge in [-0.2, -0.15) is 0 Å². The van der Waals surface area contributed by atoms with Gasteiger partial charge in [0.05, 0.1) is 24.7 Å². The van der Waals surface area contributed by atoms with Crippen LogP contribution in [0.15, 0.2) is 82.6 Å². The average molecular weight is 386 g/mol. The van der Waals surface area contributed by atoms with Crippen molar-refractivity contribution in [1.82, 2.24) is 0 Å². The maximum atomic E-state index is 13.3. The van der Waals surface area contributed by atoms with Gasteiger partial charge in [0.2, 0.25) is 0 Å². The van der Waals surface area contributed by atoms with Crippen LogP contribution in [0.1, 0.15) is 36.1 Å². The highest BCUT2D eigenvalue weighted by Crippen LogP contribution is 2.44. The number of allylic oxidation sites excluding steroid dienone is 1. The zero-order valence-electron chi connectivity index (χ0n) is 16.1. The van der Waals surface area contributed by atoms with E-state index in [-0.39, 0.29) is 17.7 Å². The molecule has 0 radical (unpaired) electrons. The molecule has 146 valence electrons.